The fourth-order valence-corrected chi connectivity index (χ4v) is 3.50. The molecule has 0 saturated carbocycles. The number of aryl methyl sites for hydroxylation is 1. The van der Waals surface area contributed by atoms with Gasteiger partial charge in [-0.3, -0.25) is 4.68 Å². The molecule has 0 aliphatic carbocycles. The number of rotatable bonds is 6. The molecular formula is C20H25N5O. The molecule has 3 aromatic rings. The molecule has 6 heteroatoms. The molecule has 0 spiro atoms. The van der Waals surface area contributed by atoms with Gasteiger partial charge in [0.25, 0.3) is 0 Å². The Morgan fingerprint density at radius 1 is 1.23 bits per heavy atom. The van der Waals surface area contributed by atoms with Gasteiger partial charge in [0.15, 0.2) is 0 Å². The molecule has 3 heterocycles. The summed E-state index contributed by atoms with van der Waals surface area (Å²) in [6.07, 6.45) is 10.0. The Kier molecular flexibility index (Phi) is 5.13. The normalized spacial score (nSPS) is 20.3. The van der Waals surface area contributed by atoms with Crippen LogP contribution in [0.4, 0.5) is 0 Å². The Hall–Kier alpha value is -2.44. The van der Waals surface area contributed by atoms with Gasteiger partial charge in [-0.2, -0.15) is 5.10 Å². The Bertz CT molecular complexity index is 826. The lowest BCUT2D eigenvalue weighted by molar-refractivity contribution is -0.0178. The third-order valence-corrected chi connectivity index (χ3v) is 4.88. The van der Waals surface area contributed by atoms with Crippen LogP contribution in [-0.2, 0) is 24.9 Å². The molecular weight excluding hydrogens is 326 g/mol. The smallest absolute Gasteiger partial charge is 0.139 e. The molecule has 2 atom stereocenters. The number of hydrogen-bond donors (Lipinski definition) is 1. The summed E-state index contributed by atoms with van der Waals surface area (Å²) in [7, 11) is 2.02. The first-order valence-corrected chi connectivity index (χ1v) is 9.17. The topological polar surface area (TPSA) is 56.9 Å². The largest absolute Gasteiger partial charge is 0.369 e. The van der Waals surface area contributed by atoms with Crippen molar-refractivity contribution in [3.05, 3.63) is 72.1 Å². The minimum Gasteiger partial charge on any atom is -0.369 e. The molecule has 1 aliphatic heterocycles. The molecule has 0 bridgehead atoms. The van der Waals surface area contributed by atoms with Gasteiger partial charge in [-0.05, 0) is 18.4 Å². The van der Waals surface area contributed by atoms with Crippen molar-refractivity contribution < 1.29 is 4.74 Å². The van der Waals surface area contributed by atoms with Crippen LogP contribution in [-0.4, -0.2) is 32.0 Å². The van der Waals surface area contributed by atoms with Crippen molar-refractivity contribution in [2.24, 2.45) is 7.05 Å². The lowest BCUT2D eigenvalue weighted by Crippen LogP contribution is -2.40. The van der Waals surface area contributed by atoms with Crippen LogP contribution in [0, 0.1) is 0 Å². The number of ether oxygens (including phenoxy) is 1. The van der Waals surface area contributed by atoms with E-state index in [1.165, 1.54) is 11.1 Å². The monoisotopic (exact) mass is 351 g/mol. The van der Waals surface area contributed by atoms with Crippen molar-refractivity contribution in [3.63, 3.8) is 0 Å². The van der Waals surface area contributed by atoms with E-state index in [4.69, 9.17) is 4.74 Å². The van der Waals surface area contributed by atoms with E-state index in [9.17, 15) is 0 Å². The van der Waals surface area contributed by atoms with Crippen molar-refractivity contribution in [2.75, 3.05) is 6.61 Å². The second-order valence-corrected chi connectivity index (χ2v) is 6.85. The standard InChI is InChI=1S/C20H25N5O/c1-24-10-9-21-20(24)19-18(8-5-11-26-19)22-12-17-13-23-25(15-17)14-16-6-3-2-4-7-16/h2-4,6-7,9-10,13,15,18-19,22H,5,8,11-12,14H2,1H3/t18-,19-/m0/s1. The van der Waals surface area contributed by atoms with E-state index in [1.807, 2.05) is 41.0 Å². The number of nitrogens with one attached hydrogen (secondary N) is 1. The van der Waals surface area contributed by atoms with Gasteiger partial charge in [0.05, 0.1) is 12.7 Å². The van der Waals surface area contributed by atoms with Crippen LogP contribution < -0.4 is 5.32 Å². The van der Waals surface area contributed by atoms with Crippen molar-refractivity contribution in [3.8, 4) is 0 Å². The van der Waals surface area contributed by atoms with E-state index in [0.717, 1.165) is 38.4 Å². The maximum Gasteiger partial charge on any atom is 0.139 e. The summed E-state index contributed by atoms with van der Waals surface area (Å²) >= 11 is 0. The van der Waals surface area contributed by atoms with E-state index < -0.39 is 0 Å². The molecule has 136 valence electrons. The van der Waals surface area contributed by atoms with Gasteiger partial charge >= 0.3 is 0 Å². The van der Waals surface area contributed by atoms with Crippen LogP contribution in [0.15, 0.2) is 55.1 Å². The Morgan fingerprint density at radius 2 is 2.12 bits per heavy atom. The van der Waals surface area contributed by atoms with Crippen LogP contribution in [0.3, 0.4) is 0 Å². The van der Waals surface area contributed by atoms with E-state index in [-0.39, 0.29) is 12.1 Å². The average molecular weight is 351 g/mol. The van der Waals surface area contributed by atoms with Gasteiger partial charge in [-0.15, -0.1) is 0 Å². The SMILES string of the molecule is Cn1ccnc1[C@H]1OCCC[C@@H]1NCc1cnn(Cc2ccccc2)c1. The van der Waals surface area contributed by atoms with Crippen molar-refractivity contribution in [2.45, 2.75) is 38.1 Å². The first kappa shape index (κ1) is 17.0. The van der Waals surface area contributed by atoms with E-state index in [2.05, 4.69) is 45.9 Å². The summed E-state index contributed by atoms with van der Waals surface area (Å²) in [5.41, 5.74) is 2.44. The Labute approximate surface area is 153 Å². The molecule has 6 nitrogen and oxygen atoms in total. The highest BCUT2D eigenvalue weighted by molar-refractivity contribution is 5.15. The molecule has 1 saturated heterocycles. The highest BCUT2D eigenvalue weighted by Crippen LogP contribution is 2.27. The first-order valence-electron chi connectivity index (χ1n) is 9.17. The van der Waals surface area contributed by atoms with Crippen LogP contribution in [0.25, 0.3) is 0 Å². The van der Waals surface area contributed by atoms with Crippen molar-refractivity contribution in [1.29, 1.82) is 0 Å². The zero-order valence-electron chi connectivity index (χ0n) is 15.1. The first-order chi connectivity index (χ1) is 12.8. The van der Waals surface area contributed by atoms with Crippen molar-refractivity contribution in [1.82, 2.24) is 24.6 Å². The molecule has 1 fully saturated rings. The van der Waals surface area contributed by atoms with E-state index in [0.29, 0.717) is 0 Å². The minimum absolute atomic E-state index is 0.00288. The number of aromatic nitrogens is 4. The minimum atomic E-state index is 0.00288. The van der Waals surface area contributed by atoms with Gasteiger partial charge in [0, 0.05) is 50.4 Å². The lowest BCUT2D eigenvalue weighted by Gasteiger charge is -2.32. The number of nitrogens with zero attached hydrogens (tertiary/aromatic N) is 4. The van der Waals surface area contributed by atoms with E-state index in [1.54, 1.807) is 0 Å². The highest BCUT2D eigenvalue weighted by atomic mass is 16.5. The maximum atomic E-state index is 6.02. The maximum absolute atomic E-state index is 6.02. The highest BCUT2D eigenvalue weighted by Gasteiger charge is 2.29. The summed E-state index contributed by atoms with van der Waals surface area (Å²) < 4.78 is 10.1. The fraction of sp³-hybridized carbons (Fsp3) is 0.400. The lowest BCUT2D eigenvalue weighted by atomic mass is 10.0. The number of imidazole rings is 1. The second-order valence-electron chi connectivity index (χ2n) is 6.85. The molecule has 26 heavy (non-hydrogen) atoms. The summed E-state index contributed by atoms with van der Waals surface area (Å²) in [6.45, 7) is 2.37. The second kappa shape index (κ2) is 7.85. The van der Waals surface area contributed by atoms with Gasteiger partial charge in [0.1, 0.15) is 11.9 Å². The van der Waals surface area contributed by atoms with Gasteiger partial charge in [-0.25, -0.2) is 4.98 Å². The van der Waals surface area contributed by atoms with Gasteiger partial charge < -0.3 is 14.6 Å². The molecule has 1 N–H and O–H groups in total. The summed E-state index contributed by atoms with van der Waals surface area (Å²) in [4.78, 5) is 4.48. The summed E-state index contributed by atoms with van der Waals surface area (Å²) in [6, 6.07) is 10.7. The molecule has 0 radical (unpaired) electrons. The molecule has 0 amide bonds. The van der Waals surface area contributed by atoms with Crippen LogP contribution >= 0.6 is 0 Å². The zero-order valence-corrected chi connectivity index (χ0v) is 15.1. The third-order valence-electron chi connectivity index (χ3n) is 4.88. The molecule has 0 unspecified atom stereocenters. The predicted molar refractivity (Wildman–Crippen MR) is 99.5 cm³/mol. The Morgan fingerprint density at radius 3 is 2.92 bits per heavy atom. The van der Waals surface area contributed by atoms with Crippen LogP contribution in [0.2, 0.25) is 0 Å². The van der Waals surface area contributed by atoms with Crippen LogP contribution in [0.1, 0.15) is 35.9 Å². The van der Waals surface area contributed by atoms with Gasteiger partial charge in [-0.1, -0.05) is 30.3 Å². The summed E-state index contributed by atoms with van der Waals surface area (Å²) in [5.74, 6) is 0.988. The third kappa shape index (κ3) is 3.86. The molecule has 4 rings (SSSR count). The van der Waals surface area contributed by atoms with E-state index >= 15 is 0 Å². The molecule has 1 aromatic carbocycles. The molecule has 2 aromatic heterocycles. The zero-order chi connectivity index (χ0) is 17.8. The van der Waals surface area contributed by atoms with Gasteiger partial charge in [0.2, 0.25) is 0 Å². The molecule has 1 aliphatic rings. The van der Waals surface area contributed by atoms with Crippen molar-refractivity contribution >= 4 is 0 Å². The Balaban J connectivity index is 1.38. The number of hydrogen-bond acceptors (Lipinski definition) is 4. The average Bonchev–Trinajstić information content (AvgIpc) is 3.30. The number of benzene rings is 1. The summed E-state index contributed by atoms with van der Waals surface area (Å²) in [5, 5.41) is 8.14. The van der Waals surface area contributed by atoms with Crippen LogP contribution in [0.5, 0.6) is 0 Å². The quantitative estimate of drug-likeness (QED) is 0.742. The predicted octanol–water partition coefficient (Wildman–Crippen LogP) is 2.67. The fourth-order valence-electron chi connectivity index (χ4n) is 3.50.